The van der Waals surface area contributed by atoms with E-state index in [0.29, 0.717) is 0 Å². The van der Waals surface area contributed by atoms with Crippen LogP contribution in [0, 0.1) is 0 Å². The molecule has 0 unspecified atom stereocenters. The summed E-state index contributed by atoms with van der Waals surface area (Å²) in [7, 11) is -15.6. The van der Waals surface area contributed by atoms with Gasteiger partial charge in [-0.05, 0) is 97.1 Å². The van der Waals surface area contributed by atoms with E-state index in [-0.39, 0.29) is 25.0 Å². The van der Waals surface area contributed by atoms with E-state index >= 15 is 0 Å². The van der Waals surface area contributed by atoms with Crippen molar-refractivity contribution in [3.63, 3.8) is 0 Å². The number of alkyl halides is 6. The molecule has 0 amide bonds. The van der Waals surface area contributed by atoms with Gasteiger partial charge in [0.1, 0.15) is 74.1 Å². The average Bonchev–Trinajstić information content (AvgIpc) is 3.36. The number of halogens is 6. The fourth-order valence-corrected chi connectivity index (χ4v) is 22.4. The van der Waals surface area contributed by atoms with Gasteiger partial charge in [0, 0.05) is 0 Å². The van der Waals surface area contributed by atoms with Gasteiger partial charge in [-0.25, -0.2) is 16.8 Å². The predicted molar refractivity (Wildman–Crippen MR) is 288 cm³/mol. The van der Waals surface area contributed by atoms with E-state index in [0.717, 1.165) is 0 Å². The van der Waals surface area contributed by atoms with Crippen LogP contribution in [-0.2, 0) is 45.2 Å². The Morgan fingerprint density at radius 2 is 0.389 bits per heavy atom. The van der Waals surface area contributed by atoms with Gasteiger partial charge >= 0.3 is 30.5 Å². The standard InChI is InChI=1S/2C25H22P2.2CHF3O3S.H2O.Ru/c2*1-5-13-22(14-6-1)26(23-15-7-2-8-16-23)21-27(24-17-9-3-10-18-24)25-19-11-4-12-20-25;2*2-1(3,4)8(5,6)7;;/h2*1-20H,21H2;2*(H,5,6,7);1H2;/q;;;;;+2/p+3. The second kappa shape index (κ2) is 30.0. The molecule has 8 aromatic rings. The fraction of sp³-hybridized carbons (Fsp3) is 0.0769. The molecular weight excluding hydrogens is 1140 g/mol. The summed E-state index contributed by atoms with van der Waals surface area (Å²) in [6.45, 7) is 0. The molecule has 72 heavy (non-hydrogen) atoms. The summed E-state index contributed by atoms with van der Waals surface area (Å²) in [5.41, 5.74) is -11.3. The number of rotatable bonds is 12. The molecule has 0 saturated heterocycles. The second-order valence-electron chi connectivity index (χ2n) is 15.0. The maximum atomic E-state index is 10.7. The summed E-state index contributed by atoms with van der Waals surface area (Å²) in [6, 6.07) is 88.9. The van der Waals surface area contributed by atoms with Crippen molar-refractivity contribution in [2.45, 2.75) is 11.0 Å². The minimum atomic E-state index is -6.09. The molecule has 0 spiro atoms. The zero-order valence-corrected chi connectivity index (χ0v) is 45.3. The van der Waals surface area contributed by atoms with Gasteiger partial charge in [0.25, 0.3) is 0 Å². The van der Waals surface area contributed by atoms with Gasteiger partial charge in [0.05, 0.1) is 0 Å². The smallest absolute Gasteiger partial charge is 0.741 e. The molecule has 7 nitrogen and oxygen atoms in total. The van der Waals surface area contributed by atoms with Crippen LogP contribution in [0.5, 0.6) is 0 Å². The van der Waals surface area contributed by atoms with E-state index in [1.165, 1.54) is 54.2 Å². The van der Waals surface area contributed by atoms with Crippen molar-refractivity contribution in [2.75, 3.05) is 11.8 Å². The van der Waals surface area contributed by atoms with Crippen molar-refractivity contribution in [2.24, 2.45) is 0 Å². The quantitative estimate of drug-likeness (QED) is 0.0299. The van der Waals surface area contributed by atoms with E-state index in [2.05, 4.69) is 243 Å². The molecule has 0 atom stereocenters. The van der Waals surface area contributed by atoms with Crippen LogP contribution in [0.15, 0.2) is 243 Å². The molecule has 20 heteroatoms. The predicted octanol–water partition coefficient (Wildman–Crippen LogP) is 8.53. The molecule has 0 aliphatic carbocycles. The molecule has 0 aromatic heterocycles. The summed E-state index contributed by atoms with van der Waals surface area (Å²) in [6.07, 6.45) is 0. The molecule has 8 aromatic carbocycles. The molecule has 0 bridgehead atoms. The van der Waals surface area contributed by atoms with Crippen LogP contribution in [0.25, 0.3) is 0 Å². The minimum absolute atomic E-state index is 0. The maximum absolute atomic E-state index is 10.7. The van der Waals surface area contributed by atoms with Crippen LogP contribution in [0.2, 0.25) is 0 Å². The van der Waals surface area contributed by atoms with Crippen molar-refractivity contribution in [3.8, 4) is 0 Å². The average molecular weight is 1190 g/mol. The van der Waals surface area contributed by atoms with Crippen LogP contribution < -0.4 is 42.4 Å². The van der Waals surface area contributed by atoms with Gasteiger partial charge in [-0.1, -0.05) is 146 Å². The third-order valence-corrected chi connectivity index (χ3v) is 25.3. The van der Waals surface area contributed by atoms with Crippen molar-refractivity contribution in [1.29, 1.82) is 0 Å². The minimum Gasteiger partial charge on any atom is -0.741 e. The molecule has 0 aliphatic heterocycles. The van der Waals surface area contributed by atoms with Gasteiger partial charge in [-0.2, -0.15) is 26.3 Å². The molecule has 0 fully saturated rings. The van der Waals surface area contributed by atoms with Crippen molar-refractivity contribution < 1.29 is 77.2 Å². The monoisotopic (exact) mass is 1190 g/mol. The van der Waals surface area contributed by atoms with Gasteiger partial charge in [-0.3, -0.25) is 0 Å². The van der Waals surface area contributed by atoms with Gasteiger partial charge < -0.3 is 14.6 Å². The molecule has 0 aliphatic rings. The third-order valence-electron chi connectivity index (χ3n) is 10.3. The Balaban J connectivity index is 0.000000287. The summed E-state index contributed by atoms with van der Waals surface area (Å²) in [4.78, 5) is 0. The molecule has 8 rings (SSSR count). The largest absolute Gasteiger partial charge is 2.00 e. The van der Waals surface area contributed by atoms with E-state index in [9.17, 15) is 26.3 Å². The van der Waals surface area contributed by atoms with E-state index < -0.39 is 62.9 Å². The summed E-state index contributed by atoms with van der Waals surface area (Å²) < 4.78 is 118. The van der Waals surface area contributed by atoms with Crippen molar-refractivity contribution >= 4 is 94.4 Å². The molecule has 0 radical (unpaired) electrons. The van der Waals surface area contributed by atoms with Crippen LogP contribution in [0.4, 0.5) is 26.3 Å². The third kappa shape index (κ3) is 19.7. The van der Waals surface area contributed by atoms with E-state index in [1.54, 1.807) is 0 Å². The summed E-state index contributed by atoms with van der Waals surface area (Å²) in [5, 5.41) is 12.0. The molecule has 378 valence electrons. The van der Waals surface area contributed by atoms with Crippen LogP contribution in [0.3, 0.4) is 0 Å². The zero-order valence-electron chi connectivity index (χ0n) is 38.0. The molecular formula is C52H51F6O7P4RuS2+5. The topological polar surface area (TPSA) is 147 Å². The first-order chi connectivity index (χ1) is 33.3. The Hall–Kier alpha value is -4.54. The fourth-order valence-electron chi connectivity index (χ4n) is 6.95. The Bertz CT molecular complexity index is 2440. The summed E-state index contributed by atoms with van der Waals surface area (Å²) in [5.74, 6) is 2.49. The van der Waals surface area contributed by atoms with Gasteiger partial charge in [-0.15, -0.1) is 0 Å². The van der Waals surface area contributed by atoms with Crippen molar-refractivity contribution in [3.05, 3.63) is 243 Å². The Morgan fingerprint density at radius 3 is 0.472 bits per heavy atom. The number of hydrogen-bond acceptors (Lipinski definition) is 6. The van der Waals surface area contributed by atoms with Crippen LogP contribution in [-0.4, -0.2) is 48.8 Å². The molecule has 0 heterocycles. The van der Waals surface area contributed by atoms with E-state index in [1.807, 2.05) is 0 Å². The number of hydrogen-bond donors (Lipinski definition) is 0. The first-order valence-electron chi connectivity index (χ1n) is 21.2. The van der Waals surface area contributed by atoms with Gasteiger partial charge in [0.2, 0.25) is 0 Å². The first-order valence-corrected chi connectivity index (χ1v) is 30.9. The maximum Gasteiger partial charge on any atom is 2.00 e. The Labute approximate surface area is 434 Å². The molecule has 0 saturated carbocycles. The van der Waals surface area contributed by atoms with Gasteiger partial charge in [0.15, 0.2) is 32.0 Å². The van der Waals surface area contributed by atoms with E-state index in [4.69, 9.17) is 25.9 Å². The first kappa shape index (κ1) is 61.8. The Morgan fingerprint density at radius 1 is 0.292 bits per heavy atom. The normalized spacial score (nSPS) is 11.4. The molecule has 3 N–H and O–H groups in total. The van der Waals surface area contributed by atoms with Crippen LogP contribution >= 0.6 is 31.7 Å². The number of benzene rings is 8. The SMILES string of the molecule is O=S(=O)([O-])C(F)(F)F.O=S(=O)([O-])C(F)(F)F.[OH3+].[Ru+2].c1ccc([PH+](C[PH+](c2ccccc2)c2ccccc2)c2ccccc2)cc1.c1ccc([PH+](C[PH+](c2ccccc2)c2ccccc2)c2ccccc2)cc1. The van der Waals surface area contributed by atoms with Crippen LogP contribution in [0.1, 0.15) is 0 Å². The summed E-state index contributed by atoms with van der Waals surface area (Å²) >= 11 is 0. The Kier molecular flexibility index (Phi) is 25.7. The second-order valence-corrected chi connectivity index (χ2v) is 29.0. The zero-order chi connectivity index (χ0) is 50.6. The van der Waals surface area contributed by atoms with Crippen molar-refractivity contribution in [1.82, 2.24) is 0 Å².